The van der Waals surface area contributed by atoms with Crippen molar-refractivity contribution in [1.82, 2.24) is 0 Å². The van der Waals surface area contributed by atoms with Gasteiger partial charge in [-0.15, -0.1) is 12.3 Å². The molecule has 0 bridgehead atoms. The van der Waals surface area contributed by atoms with Gasteiger partial charge in [-0.1, -0.05) is 12.2 Å². The van der Waals surface area contributed by atoms with Gasteiger partial charge in [-0.2, -0.15) is 0 Å². The molecule has 0 saturated heterocycles. The molecule has 0 saturated carbocycles. The van der Waals surface area contributed by atoms with Crippen LogP contribution in [-0.4, -0.2) is 11.7 Å². The summed E-state index contributed by atoms with van der Waals surface area (Å²) in [5.74, 6) is 2.40. The number of hydrogen-bond donors (Lipinski definition) is 1. The van der Waals surface area contributed by atoms with Crippen molar-refractivity contribution in [1.29, 1.82) is 0 Å². The summed E-state index contributed by atoms with van der Waals surface area (Å²) >= 11 is 0. The quantitative estimate of drug-likeness (QED) is 0.393. The molecule has 0 amide bonds. The molecule has 1 heteroatoms. The smallest absolute Gasteiger partial charge is 0.0612 e. The van der Waals surface area contributed by atoms with Crippen LogP contribution in [0, 0.1) is 12.3 Å². The molecule has 0 aliphatic rings. The first-order chi connectivity index (χ1) is 3.41. The molecule has 0 aromatic rings. The highest BCUT2D eigenvalue weighted by Gasteiger charge is 1.63. The molecule has 0 atom stereocenters. The Labute approximate surface area is 43.7 Å². The molecule has 0 aliphatic heterocycles. The monoisotopic (exact) mass is 96.1 g/mol. The summed E-state index contributed by atoms with van der Waals surface area (Å²) < 4.78 is 0. The molecule has 1 N–H and O–H groups in total. The Bertz CT molecular complexity index is 86.8. The number of rotatable bonds is 2. The molecule has 7 heavy (non-hydrogen) atoms. The zero-order valence-electron chi connectivity index (χ0n) is 4.09. The van der Waals surface area contributed by atoms with E-state index in [9.17, 15) is 0 Å². The van der Waals surface area contributed by atoms with Gasteiger partial charge in [-0.05, 0) is 0 Å². The maximum atomic E-state index is 8.14. The summed E-state index contributed by atoms with van der Waals surface area (Å²) in [7, 11) is 0. The Morgan fingerprint density at radius 1 is 1.57 bits per heavy atom. The Morgan fingerprint density at radius 2 is 2.29 bits per heavy atom. The second-order valence-electron chi connectivity index (χ2n) is 1.06. The van der Waals surface area contributed by atoms with Crippen molar-refractivity contribution >= 4 is 0 Å². The van der Waals surface area contributed by atoms with Crippen LogP contribution >= 0.6 is 0 Å². The van der Waals surface area contributed by atoms with E-state index in [-0.39, 0.29) is 6.61 Å². The van der Waals surface area contributed by atoms with Gasteiger partial charge in [0.25, 0.3) is 0 Å². The van der Waals surface area contributed by atoms with Crippen LogP contribution in [0.2, 0.25) is 0 Å². The molecule has 0 aromatic carbocycles. The number of allylic oxidation sites excluding steroid dienone is 1. The van der Waals surface area contributed by atoms with Crippen LogP contribution in [0.4, 0.5) is 0 Å². The Balaban J connectivity index is 2.97. The highest BCUT2D eigenvalue weighted by Crippen LogP contribution is 1.75. The van der Waals surface area contributed by atoms with Gasteiger partial charge in [0.1, 0.15) is 0 Å². The predicted octanol–water partition coefficient (Wildman–Crippen LogP) is 0.558. The summed E-state index contributed by atoms with van der Waals surface area (Å²) in [4.78, 5) is 0. The van der Waals surface area contributed by atoms with E-state index in [4.69, 9.17) is 11.5 Å². The van der Waals surface area contributed by atoms with Gasteiger partial charge >= 0.3 is 0 Å². The molecule has 0 unspecified atom stereocenters. The van der Waals surface area contributed by atoms with Crippen LogP contribution in [0.1, 0.15) is 6.42 Å². The minimum absolute atomic E-state index is 0.0850. The highest BCUT2D eigenvalue weighted by atomic mass is 16.2. The molecule has 0 radical (unpaired) electrons. The molecular weight excluding hydrogens is 88.1 g/mol. The average molecular weight is 96.1 g/mol. The van der Waals surface area contributed by atoms with Crippen LogP contribution in [-0.2, 0) is 0 Å². The van der Waals surface area contributed by atoms with Crippen molar-refractivity contribution in [3.8, 4) is 12.3 Å². The van der Waals surface area contributed by atoms with Gasteiger partial charge in [0.2, 0.25) is 0 Å². The Morgan fingerprint density at radius 3 is 2.71 bits per heavy atom. The molecule has 38 valence electrons. The zero-order valence-corrected chi connectivity index (χ0v) is 4.09. The first-order valence-corrected chi connectivity index (χ1v) is 2.11. The van der Waals surface area contributed by atoms with E-state index >= 15 is 0 Å². The fraction of sp³-hybridized carbons (Fsp3) is 0.333. The molecular formula is C6H8O. The van der Waals surface area contributed by atoms with Gasteiger partial charge in [0.05, 0.1) is 6.61 Å². The molecule has 0 aliphatic carbocycles. The van der Waals surface area contributed by atoms with Crippen LogP contribution < -0.4 is 0 Å². The topological polar surface area (TPSA) is 20.2 Å². The summed E-state index contributed by atoms with van der Waals surface area (Å²) in [5.41, 5.74) is 0. The van der Waals surface area contributed by atoms with E-state index in [1.807, 2.05) is 0 Å². The zero-order chi connectivity index (χ0) is 5.54. The highest BCUT2D eigenvalue weighted by molar-refractivity contribution is 4.95. The van der Waals surface area contributed by atoms with Crippen molar-refractivity contribution in [3.63, 3.8) is 0 Å². The largest absolute Gasteiger partial charge is 0.392 e. The summed E-state index contributed by atoms with van der Waals surface area (Å²) in [6.45, 7) is 0.0850. The van der Waals surface area contributed by atoms with E-state index in [1.54, 1.807) is 12.2 Å². The standard InChI is InChI=1S/C6H8O/c1-2-3-4-5-6-7/h1,4-5,7H,3,6H2. The second kappa shape index (κ2) is 5.26. The van der Waals surface area contributed by atoms with Crippen molar-refractivity contribution < 1.29 is 5.11 Å². The number of terminal acetylenes is 1. The Hall–Kier alpha value is -0.740. The minimum atomic E-state index is 0.0850. The summed E-state index contributed by atoms with van der Waals surface area (Å²) in [5, 5.41) is 8.14. The van der Waals surface area contributed by atoms with Crippen molar-refractivity contribution in [2.75, 3.05) is 6.61 Å². The van der Waals surface area contributed by atoms with Crippen molar-refractivity contribution in [2.45, 2.75) is 6.42 Å². The third-order valence-corrected chi connectivity index (χ3v) is 0.508. The maximum Gasteiger partial charge on any atom is 0.0612 e. The first-order valence-electron chi connectivity index (χ1n) is 2.11. The number of hydrogen-bond acceptors (Lipinski definition) is 1. The fourth-order valence-electron chi connectivity index (χ4n) is 0.226. The van der Waals surface area contributed by atoms with Gasteiger partial charge in [-0.25, -0.2) is 0 Å². The van der Waals surface area contributed by atoms with Crippen LogP contribution in [0.3, 0.4) is 0 Å². The average Bonchev–Trinajstić information content (AvgIpc) is 1.69. The molecule has 0 fully saturated rings. The lowest BCUT2D eigenvalue weighted by Crippen LogP contribution is -1.68. The lowest BCUT2D eigenvalue weighted by molar-refractivity contribution is 0.342. The van der Waals surface area contributed by atoms with E-state index in [1.165, 1.54) is 0 Å². The molecule has 0 heterocycles. The van der Waals surface area contributed by atoms with Crippen molar-refractivity contribution in [2.24, 2.45) is 0 Å². The molecule has 1 nitrogen and oxygen atoms in total. The summed E-state index contributed by atoms with van der Waals surface area (Å²) in [6.07, 6.45) is 8.87. The SMILES string of the molecule is C#CCC=CCO. The minimum Gasteiger partial charge on any atom is -0.392 e. The summed E-state index contributed by atoms with van der Waals surface area (Å²) in [6, 6.07) is 0. The van der Waals surface area contributed by atoms with Gasteiger partial charge in [0.15, 0.2) is 0 Å². The van der Waals surface area contributed by atoms with Crippen LogP contribution in [0.15, 0.2) is 12.2 Å². The van der Waals surface area contributed by atoms with Gasteiger partial charge in [0, 0.05) is 6.42 Å². The van der Waals surface area contributed by atoms with E-state index in [2.05, 4.69) is 5.92 Å². The van der Waals surface area contributed by atoms with Crippen LogP contribution in [0.5, 0.6) is 0 Å². The Kier molecular flexibility index (Phi) is 4.70. The van der Waals surface area contributed by atoms with Gasteiger partial charge in [-0.3, -0.25) is 0 Å². The lowest BCUT2D eigenvalue weighted by Gasteiger charge is -1.73. The maximum absolute atomic E-state index is 8.14. The van der Waals surface area contributed by atoms with Crippen molar-refractivity contribution in [3.05, 3.63) is 12.2 Å². The third kappa shape index (κ3) is 5.26. The van der Waals surface area contributed by atoms with Crippen LogP contribution in [0.25, 0.3) is 0 Å². The molecule has 0 spiro atoms. The predicted molar refractivity (Wildman–Crippen MR) is 29.7 cm³/mol. The second-order valence-corrected chi connectivity index (χ2v) is 1.06. The lowest BCUT2D eigenvalue weighted by atomic mass is 10.4. The van der Waals surface area contributed by atoms with E-state index in [0.717, 1.165) is 0 Å². The normalized spacial score (nSPS) is 9.14. The molecule has 0 aromatic heterocycles. The molecule has 0 rings (SSSR count). The van der Waals surface area contributed by atoms with E-state index in [0.29, 0.717) is 6.42 Å². The third-order valence-electron chi connectivity index (χ3n) is 0.508. The number of aliphatic hydroxyl groups is 1. The van der Waals surface area contributed by atoms with E-state index < -0.39 is 0 Å². The fourth-order valence-corrected chi connectivity index (χ4v) is 0.226. The first kappa shape index (κ1) is 6.26. The number of aliphatic hydroxyl groups excluding tert-OH is 1. The van der Waals surface area contributed by atoms with Gasteiger partial charge < -0.3 is 5.11 Å².